The van der Waals surface area contributed by atoms with Crippen LogP contribution >= 0.6 is 0 Å². The summed E-state index contributed by atoms with van der Waals surface area (Å²) in [5, 5.41) is 10.6. The van der Waals surface area contributed by atoms with E-state index in [-0.39, 0.29) is 18.2 Å². The van der Waals surface area contributed by atoms with E-state index in [0.29, 0.717) is 19.4 Å². The minimum Gasteiger partial charge on any atom is -0.361 e. The van der Waals surface area contributed by atoms with Crippen LogP contribution in [0, 0.1) is 0 Å². The summed E-state index contributed by atoms with van der Waals surface area (Å²) in [6.45, 7) is 2.06. The number of nitrogens with one attached hydrogen (secondary N) is 5. The summed E-state index contributed by atoms with van der Waals surface area (Å²) in [6.07, 6.45) is 2.97. The molecule has 8 nitrogen and oxygen atoms in total. The van der Waals surface area contributed by atoms with Crippen LogP contribution in [0.5, 0.6) is 0 Å². The Morgan fingerprint density at radius 3 is 2.35 bits per heavy atom. The second kappa shape index (κ2) is 12.3. The van der Waals surface area contributed by atoms with E-state index in [2.05, 4.69) is 25.9 Å². The molecule has 0 aliphatic rings. The highest BCUT2D eigenvalue weighted by Crippen LogP contribution is 2.19. The fourth-order valence-electron chi connectivity index (χ4n) is 4.88. The third-order valence-corrected chi connectivity index (χ3v) is 7.00. The molecule has 3 aromatic carbocycles. The SMILES string of the molecule is C[C@H](NC(=O)Cc1cc2ccccc2[nH]1)C(=O)N[C@@H](Cc1c[nH]c2ccccc12)C(=O)NCCc1ccccc1. The van der Waals surface area contributed by atoms with Crippen LogP contribution in [0.15, 0.2) is 91.1 Å². The Bertz CT molecular complexity index is 1590. The average Bonchev–Trinajstić information content (AvgIpc) is 3.56. The molecular formula is C32H33N5O3. The zero-order valence-electron chi connectivity index (χ0n) is 22.4. The fraction of sp³-hybridized carbons (Fsp3) is 0.219. The van der Waals surface area contributed by atoms with Gasteiger partial charge in [0.15, 0.2) is 0 Å². The molecule has 0 saturated heterocycles. The van der Waals surface area contributed by atoms with Gasteiger partial charge in [0.1, 0.15) is 12.1 Å². The zero-order chi connectivity index (χ0) is 27.9. The molecular weight excluding hydrogens is 502 g/mol. The summed E-state index contributed by atoms with van der Waals surface area (Å²) in [5.74, 6) is -0.978. The minimum absolute atomic E-state index is 0.116. The molecule has 5 aromatic rings. The number of H-pyrrole nitrogens is 2. The van der Waals surface area contributed by atoms with E-state index < -0.39 is 18.0 Å². The lowest BCUT2D eigenvalue weighted by Gasteiger charge is -2.21. The topological polar surface area (TPSA) is 119 Å². The summed E-state index contributed by atoms with van der Waals surface area (Å²) in [4.78, 5) is 45.6. The molecule has 0 saturated carbocycles. The number of aromatic nitrogens is 2. The smallest absolute Gasteiger partial charge is 0.242 e. The van der Waals surface area contributed by atoms with Gasteiger partial charge in [0.05, 0.1) is 6.42 Å². The normalized spacial score (nSPS) is 12.6. The molecule has 0 aliphatic heterocycles. The van der Waals surface area contributed by atoms with Crippen molar-refractivity contribution in [3.63, 3.8) is 0 Å². The van der Waals surface area contributed by atoms with E-state index in [0.717, 1.165) is 38.6 Å². The van der Waals surface area contributed by atoms with Gasteiger partial charge in [-0.05, 0) is 48.1 Å². The predicted molar refractivity (Wildman–Crippen MR) is 157 cm³/mol. The van der Waals surface area contributed by atoms with Crippen molar-refractivity contribution in [2.24, 2.45) is 0 Å². The van der Waals surface area contributed by atoms with Crippen LogP contribution in [0.1, 0.15) is 23.7 Å². The Kier molecular flexibility index (Phi) is 8.25. The molecule has 40 heavy (non-hydrogen) atoms. The van der Waals surface area contributed by atoms with Gasteiger partial charge >= 0.3 is 0 Å². The maximum atomic E-state index is 13.3. The minimum atomic E-state index is -0.820. The number of amides is 3. The third-order valence-electron chi connectivity index (χ3n) is 7.00. The van der Waals surface area contributed by atoms with E-state index in [9.17, 15) is 14.4 Å². The number of hydrogen-bond acceptors (Lipinski definition) is 3. The summed E-state index contributed by atoms with van der Waals surface area (Å²) in [5.41, 5.74) is 4.72. The number of carbonyl (C=O) groups excluding carboxylic acids is 3. The zero-order valence-corrected chi connectivity index (χ0v) is 22.4. The molecule has 0 radical (unpaired) electrons. The fourth-order valence-corrected chi connectivity index (χ4v) is 4.88. The van der Waals surface area contributed by atoms with Crippen molar-refractivity contribution in [2.45, 2.75) is 38.3 Å². The summed E-state index contributed by atoms with van der Waals surface area (Å²) < 4.78 is 0. The molecule has 5 rings (SSSR count). The number of hydrogen-bond donors (Lipinski definition) is 5. The average molecular weight is 536 g/mol. The first-order valence-electron chi connectivity index (χ1n) is 13.5. The second-order valence-corrected chi connectivity index (χ2v) is 10.00. The first kappa shape index (κ1) is 26.7. The predicted octanol–water partition coefficient (Wildman–Crippen LogP) is 3.78. The number of fused-ring (bicyclic) bond motifs is 2. The lowest BCUT2D eigenvalue weighted by Crippen LogP contribution is -2.54. The molecule has 0 unspecified atom stereocenters. The lowest BCUT2D eigenvalue weighted by molar-refractivity contribution is -0.131. The largest absolute Gasteiger partial charge is 0.361 e. The molecule has 2 atom stereocenters. The van der Waals surface area contributed by atoms with Crippen molar-refractivity contribution in [1.29, 1.82) is 0 Å². The molecule has 0 bridgehead atoms. The molecule has 0 aliphatic carbocycles. The van der Waals surface area contributed by atoms with Crippen molar-refractivity contribution in [1.82, 2.24) is 25.9 Å². The van der Waals surface area contributed by atoms with Crippen molar-refractivity contribution in [3.8, 4) is 0 Å². The van der Waals surface area contributed by atoms with Crippen LogP contribution in [0.4, 0.5) is 0 Å². The van der Waals surface area contributed by atoms with Crippen LogP contribution in [-0.2, 0) is 33.6 Å². The number of carbonyl (C=O) groups is 3. The van der Waals surface area contributed by atoms with Gasteiger partial charge in [-0.2, -0.15) is 0 Å². The van der Waals surface area contributed by atoms with Crippen LogP contribution in [0.3, 0.4) is 0 Å². The van der Waals surface area contributed by atoms with Gasteiger partial charge in [0.2, 0.25) is 17.7 Å². The summed E-state index contributed by atoms with van der Waals surface area (Å²) >= 11 is 0. The van der Waals surface area contributed by atoms with Gasteiger partial charge in [0.25, 0.3) is 0 Å². The van der Waals surface area contributed by atoms with Crippen molar-refractivity contribution < 1.29 is 14.4 Å². The molecule has 0 fully saturated rings. The number of rotatable bonds is 11. The highest BCUT2D eigenvalue weighted by Gasteiger charge is 2.25. The number of aromatic amines is 2. The van der Waals surface area contributed by atoms with Crippen LogP contribution in [0.25, 0.3) is 21.8 Å². The molecule has 2 heterocycles. The summed E-state index contributed by atoms with van der Waals surface area (Å²) in [7, 11) is 0. The van der Waals surface area contributed by atoms with Gasteiger partial charge in [-0.15, -0.1) is 0 Å². The van der Waals surface area contributed by atoms with Gasteiger partial charge in [-0.25, -0.2) is 0 Å². The van der Waals surface area contributed by atoms with Gasteiger partial charge in [0, 0.05) is 41.3 Å². The Hall–Kier alpha value is -4.85. The van der Waals surface area contributed by atoms with Crippen LogP contribution in [0.2, 0.25) is 0 Å². The third kappa shape index (κ3) is 6.58. The Morgan fingerprint density at radius 2 is 1.55 bits per heavy atom. The van der Waals surface area contributed by atoms with Gasteiger partial charge in [-0.1, -0.05) is 66.7 Å². The molecule has 0 spiro atoms. The van der Waals surface area contributed by atoms with Crippen molar-refractivity contribution in [3.05, 3.63) is 108 Å². The van der Waals surface area contributed by atoms with Gasteiger partial charge < -0.3 is 25.9 Å². The molecule has 3 amide bonds. The number of benzene rings is 3. The van der Waals surface area contributed by atoms with E-state index in [1.807, 2.05) is 91.1 Å². The second-order valence-electron chi connectivity index (χ2n) is 10.00. The maximum absolute atomic E-state index is 13.3. The number of para-hydroxylation sites is 2. The monoisotopic (exact) mass is 535 g/mol. The highest BCUT2D eigenvalue weighted by atomic mass is 16.2. The van der Waals surface area contributed by atoms with E-state index in [1.165, 1.54) is 0 Å². The first-order chi connectivity index (χ1) is 19.5. The Balaban J connectivity index is 1.22. The van der Waals surface area contributed by atoms with E-state index >= 15 is 0 Å². The molecule has 2 aromatic heterocycles. The van der Waals surface area contributed by atoms with Crippen LogP contribution < -0.4 is 16.0 Å². The van der Waals surface area contributed by atoms with E-state index in [1.54, 1.807) is 6.92 Å². The maximum Gasteiger partial charge on any atom is 0.242 e. The highest BCUT2D eigenvalue weighted by molar-refractivity contribution is 5.93. The van der Waals surface area contributed by atoms with Crippen LogP contribution in [-0.4, -0.2) is 46.3 Å². The standard InChI is InChI=1S/C32H33N5O3/c1-21(35-30(38)19-25-17-23-11-5-7-13-27(23)36-25)31(39)37-29(18-24-20-34-28-14-8-6-12-26(24)28)32(40)33-16-15-22-9-3-2-4-10-22/h2-14,17,20-21,29,34,36H,15-16,18-19H2,1H3,(H,33,40)(H,35,38)(H,37,39)/t21-,29-/m0/s1. The van der Waals surface area contributed by atoms with Crippen molar-refractivity contribution >= 4 is 39.5 Å². The molecule has 5 N–H and O–H groups in total. The summed E-state index contributed by atoms with van der Waals surface area (Å²) in [6, 6.07) is 25.8. The Morgan fingerprint density at radius 1 is 0.825 bits per heavy atom. The first-order valence-corrected chi connectivity index (χ1v) is 13.5. The lowest BCUT2D eigenvalue weighted by atomic mass is 10.0. The van der Waals surface area contributed by atoms with Crippen molar-refractivity contribution in [2.75, 3.05) is 6.54 Å². The molecule has 8 heteroatoms. The van der Waals surface area contributed by atoms with E-state index in [4.69, 9.17) is 0 Å². The van der Waals surface area contributed by atoms with Gasteiger partial charge in [-0.3, -0.25) is 14.4 Å². The molecule has 204 valence electrons. The Labute approximate surface area is 232 Å². The quantitative estimate of drug-likeness (QED) is 0.177.